The lowest BCUT2D eigenvalue weighted by Gasteiger charge is -2.08. The maximum atomic E-state index is 11.8. The molecule has 2 aromatic carbocycles. The van der Waals surface area contributed by atoms with Gasteiger partial charge in [0, 0.05) is 6.07 Å². The number of aromatic hydroxyl groups is 1. The molecule has 8 heteroatoms. The monoisotopic (exact) mass is 386 g/mol. The van der Waals surface area contributed by atoms with Gasteiger partial charge in [0.1, 0.15) is 11.5 Å². The number of phenols is 1. The van der Waals surface area contributed by atoms with Crippen molar-refractivity contribution in [3.63, 3.8) is 0 Å². The van der Waals surface area contributed by atoms with Crippen LogP contribution in [0.25, 0.3) is 0 Å². The SMILES string of the molecule is CC(=NNC(=O)COc1cc(Cl)c(Cl)cc1Cl)c1ccc(O)cc1. The number of rotatable bonds is 5. The second-order valence-electron chi connectivity index (χ2n) is 4.76. The fraction of sp³-hybridized carbons (Fsp3) is 0.125. The Kier molecular flexibility index (Phi) is 6.31. The molecule has 0 aliphatic carbocycles. The van der Waals surface area contributed by atoms with Crippen molar-refractivity contribution < 1.29 is 14.6 Å². The van der Waals surface area contributed by atoms with Crippen LogP contribution in [0.2, 0.25) is 15.1 Å². The van der Waals surface area contributed by atoms with Crippen LogP contribution in [-0.2, 0) is 4.79 Å². The molecule has 2 aromatic rings. The first-order valence-electron chi connectivity index (χ1n) is 6.76. The molecule has 0 bridgehead atoms. The van der Waals surface area contributed by atoms with Crippen LogP contribution in [0.15, 0.2) is 41.5 Å². The second kappa shape index (κ2) is 8.24. The summed E-state index contributed by atoms with van der Waals surface area (Å²) in [5.74, 6) is -0.0572. The topological polar surface area (TPSA) is 70.9 Å². The molecule has 24 heavy (non-hydrogen) atoms. The molecule has 0 spiro atoms. The van der Waals surface area contributed by atoms with Crippen LogP contribution in [0.3, 0.4) is 0 Å². The van der Waals surface area contributed by atoms with Gasteiger partial charge in [-0.1, -0.05) is 34.8 Å². The standard InChI is InChI=1S/C16H13Cl3N2O3/c1-9(10-2-4-11(22)5-3-10)20-21-16(23)8-24-15-7-13(18)12(17)6-14(15)19/h2-7,22H,8H2,1H3,(H,21,23). The number of carbonyl (C=O) groups excluding carboxylic acids is 1. The molecular weight excluding hydrogens is 375 g/mol. The van der Waals surface area contributed by atoms with Gasteiger partial charge >= 0.3 is 0 Å². The Bertz CT molecular complexity index is 777. The number of halogens is 3. The molecule has 2 N–H and O–H groups in total. The molecule has 0 saturated heterocycles. The van der Waals surface area contributed by atoms with Crippen molar-refractivity contribution >= 4 is 46.4 Å². The van der Waals surface area contributed by atoms with Crippen LogP contribution < -0.4 is 10.2 Å². The van der Waals surface area contributed by atoms with Crippen LogP contribution in [0.4, 0.5) is 0 Å². The average molecular weight is 388 g/mol. The molecular formula is C16H13Cl3N2O3. The van der Waals surface area contributed by atoms with E-state index in [0.717, 1.165) is 5.56 Å². The lowest BCUT2D eigenvalue weighted by atomic mass is 10.1. The van der Waals surface area contributed by atoms with Gasteiger partial charge in [-0.15, -0.1) is 0 Å². The zero-order valence-electron chi connectivity index (χ0n) is 12.5. The number of amides is 1. The summed E-state index contributed by atoms with van der Waals surface area (Å²) < 4.78 is 5.30. The van der Waals surface area contributed by atoms with E-state index in [-0.39, 0.29) is 28.2 Å². The van der Waals surface area contributed by atoms with Gasteiger partial charge in [-0.05, 0) is 42.8 Å². The van der Waals surface area contributed by atoms with E-state index in [2.05, 4.69) is 10.5 Å². The molecule has 0 radical (unpaired) electrons. The molecule has 5 nitrogen and oxygen atoms in total. The number of carbonyl (C=O) groups is 1. The first kappa shape index (κ1) is 18.4. The van der Waals surface area contributed by atoms with Crippen LogP contribution in [-0.4, -0.2) is 23.3 Å². The highest BCUT2D eigenvalue weighted by atomic mass is 35.5. The Morgan fingerprint density at radius 1 is 1.12 bits per heavy atom. The zero-order valence-corrected chi connectivity index (χ0v) is 14.8. The van der Waals surface area contributed by atoms with E-state index in [4.69, 9.17) is 39.5 Å². The van der Waals surface area contributed by atoms with Crippen molar-refractivity contribution in [1.29, 1.82) is 0 Å². The van der Waals surface area contributed by atoms with E-state index in [9.17, 15) is 9.90 Å². The predicted molar refractivity (Wildman–Crippen MR) is 95.4 cm³/mol. The summed E-state index contributed by atoms with van der Waals surface area (Å²) >= 11 is 17.6. The number of nitrogens with zero attached hydrogens (tertiary/aromatic N) is 1. The van der Waals surface area contributed by atoms with Crippen LogP contribution in [0.5, 0.6) is 11.5 Å². The van der Waals surface area contributed by atoms with Gasteiger partial charge in [0.25, 0.3) is 5.91 Å². The number of phenolic OH excluding ortho intramolecular Hbond substituents is 1. The Morgan fingerprint density at radius 2 is 1.75 bits per heavy atom. The first-order valence-corrected chi connectivity index (χ1v) is 7.90. The summed E-state index contributed by atoms with van der Waals surface area (Å²) in [6, 6.07) is 9.31. The first-order chi connectivity index (χ1) is 11.4. The fourth-order valence-corrected chi connectivity index (χ4v) is 2.30. The fourth-order valence-electron chi connectivity index (χ4n) is 1.70. The Balaban J connectivity index is 1.93. The summed E-state index contributed by atoms with van der Waals surface area (Å²) in [7, 11) is 0. The van der Waals surface area contributed by atoms with Gasteiger partial charge in [-0.2, -0.15) is 5.10 Å². The maximum Gasteiger partial charge on any atom is 0.277 e. The number of benzene rings is 2. The summed E-state index contributed by atoms with van der Waals surface area (Å²) in [6.45, 7) is 1.44. The molecule has 126 valence electrons. The molecule has 0 aliphatic heterocycles. The third-order valence-electron chi connectivity index (χ3n) is 2.97. The van der Waals surface area contributed by atoms with Crippen LogP contribution >= 0.6 is 34.8 Å². The molecule has 0 aliphatic rings. The Morgan fingerprint density at radius 3 is 2.42 bits per heavy atom. The van der Waals surface area contributed by atoms with E-state index in [0.29, 0.717) is 10.7 Å². The predicted octanol–water partition coefficient (Wildman–Crippen LogP) is 4.27. The van der Waals surface area contributed by atoms with E-state index in [1.807, 2.05) is 0 Å². The molecule has 0 heterocycles. The van der Waals surface area contributed by atoms with E-state index in [1.54, 1.807) is 19.1 Å². The molecule has 0 saturated carbocycles. The summed E-state index contributed by atoms with van der Waals surface area (Å²) in [4.78, 5) is 11.8. The van der Waals surface area contributed by atoms with Gasteiger partial charge in [-0.25, -0.2) is 5.43 Å². The van der Waals surface area contributed by atoms with Crippen molar-refractivity contribution in [2.75, 3.05) is 6.61 Å². The summed E-state index contributed by atoms with van der Waals surface area (Å²) in [5, 5.41) is 14.0. The van der Waals surface area contributed by atoms with Crippen LogP contribution in [0, 0.1) is 0 Å². The molecule has 0 atom stereocenters. The highest BCUT2D eigenvalue weighted by Crippen LogP contribution is 2.33. The Hall–Kier alpha value is -1.95. The lowest BCUT2D eigenvalue weighted by molar-refractivity contribution is -0.123. The second-order valence-corrected chi connectivity index (χ2v) is 5.99. The third-order valence-corrected chi connectivity index (χ3v) is 3.98. The van der Waals surface area contributed by atoms with E-state index < -0.39 is 5.91 Å². The van der Waals surface area contributed by atoms with E-state index >= 15 is 0 Å². The molecule has 1 amide bonds. The average Bonchev–Trinajstić information content (AvgIpc) is 2.55. The highest BCUT2D eigenvalue weighted by molar-refractivity contribution is 6.43. The normalized spacial score (nSPS) is 11.2. The third kappa shape index (κ3) is 5.03. The summed E-state index contributed by atoms with van der Waals surface area (Å²) in [5.41, 5.74) is 3.72. The van der Waals surface area contributed by atoms with Gasteiger partial charge < -0.3 is 9.84 Å². The minimum atomic E-state index is -0.463. The minimum Gasteiger partial charge on any atom is -0.508 e. The quantitative estimate of drug-likeness (QED) is 0.457. The highest BCUT2D eigenvalue weighted by Gasteiger charge is 2.09. The van der Waals surface area contributed by atoms with E-state index in [1.165, 1.54) is 24.3 Å². The summed E-state index contributed by atoms with van der Waals surface area (Å²) in [6.07, 6.45) is 0. The van der Waals surface area contributed by atoms with Crippen molar-refractivity contribution in [3.05, 3.63) is 57.0 Å². The number of hydrogen-bond acceptors (Lipinski definition) is 4. The van der Waals surface area contributed by atoms with Gasteiger partial charge in [-0.3, -0.25) is 4.79 Å². The molecule has 2 rings (SSSR count). The molecule has 0 unspecified atom stereocenters. The van der Waals surface area contributed by atoms with Crippen molar-refractivity contribution in [2.45, 2.75) is 6.92 Å². The van der Waals surface area contributed by atoms with Crippen molar-refractivity contribution in [1.82, 2.24) is 5.43 Å². The number of hydrogen-bond donors (Lipinski definition) is 2. The largest absolute Gasteiger partial charge is 0.508 e. The minimum absolute atomic E-state index is 0.155. The molecule has 0 fully saturated rings. The van der Waals surface area contributed by atoms with Crippen molar-refractivity contribution in [2.24, 2.45) is 5.10 Å². The maximum absolute atomic E-state index is 11.8. The zero-order chi connectivity index (χ0) is 17.7. The number of hydrazone groups is 1. The molecule has 0 aromatic heterocycles. The van der Waals surface area contributed by atoms with Gasteiger partial charge in [0.05, 0.1) is 20.8 Å². The number of nitrogens with one attached hydrogen (secondary N) is 1. The van der Waals surface area contributed by atoms with Crippen LogP contribution in [0.1, 0.15) is 12.5 Å². The lowest BCUT2D eigenvalue weighted by Crippen LogP contribution is -2.25. The van der Waals surface area contributed by atoms with Crippen molar-refractivity contribution in [3.8, 4) is 11.5 Å². The Labute approximate surface area is 153 Å². The van der Waals surface area contributed by atoms with Gasteiger partial charge in [0.2, 0.25) is 0 Å². The smallest absolute Gasteiger partial charge is 0.277 e. The number of ether oxygens (including phenoxy) is 1. The van der Waals surface area contributed by atoms with Gasteiger partial charge in [0.15, 0.2) is 6.61 Å².